The first-order valence-corrected chi connectivity index (χ1v) is 12.0. The largest absolute Gasteiger partial charge is 0.394 e. The number of carbonyl (C=O) groups is 2. The third-order valence-electron chi connectivity index (χ3n) is 4.81. The van der Waals surface area contributed by atoms with Crippen LogP contribution in [0.25, 0.3) is 11.8 Å². The number of aromatic nitrogens is 1. The molecule has 11 nitrogen and oxygen atoms in total. The number of hydrogen-bond acceptors (Lipinski definition) is 9. The number of nitriles is 1. The Kier molecular flexibility index (Phi) is 10.8. The van der Waals surface area contributed by atoms with Gasteiger partial charge in [0.05, 0.1) is 25.4 Å². The highest BCUT2D eigenvalue weighted by Crippen LogP contribution is 2.15. The maximum atomic E-state index is 12.9. The predicted octanol–water partition coefficient (Wildman–Crippen LogP) is -0.0573. The molecule has 0 spiro atoms. The molecule has 2 rings (SSSR count). The number of nitrogens with one attached hydrogen (secondary N) is 3. The molecule has 1 heterocycles. The minimum absolute atomic E-state index is 0.109. The van der Waals surface area contributed by atoms with Gasteiger partial charge in [0.2, 0.25) is 5.91 Å². The Morgan fingerprint density at radius 1 is 1.28 bits per heavy atom. The van der Waals surface area contributed by atoms with Crippen molar-refractivity contribution < 1.29 is 24.2 Å². The number of carbonyl (C=O) groups excluding carboxylic acids is 2. The SMILES string of the molecule is CCn1c(=O)/c(=C\Nc2cccc(NC(=O)COCCOC)c2)s/c1=C(/C#N)C(=O)NC(C)(C)CO. The molecule has 1 aromatic carbocycles. The lowest BCUT2D eigenvalue weighted by Gasteiger charge is -2.22. The van der Waals surface area contributed by atoms with Gasteiger partial charge in [-0.05, 0) is 39.0 Å². The van der Waals surface area contributed by atoms with Crippen molar-refractivity contribution in [1.82, 2.24) is 9.88 Å². The molecule has 0 aliphatic heterocycles. The Hall–Kier alpha value is -3.50. The normalized spacial score (nSPS) is 12.6. The monoisotopic (exact) mass is 517 g/mol. The standard InChI is InChI=1S/C24H31N5O6S/c1-5-29-22(33)19(36-23(29)18(12-25)21(32)28-24(2,3)15-30)13-26-16-7-6-8-17(11-16)27-20(31)14-35-10-9-34-4/h6-8,11,13,26,30H,5,9-10,14-15H2,1-4H3,(H,27,31)(H,28,32)/b19-13+,23-18-. The van der Waals surface area contributed by atoms with Crippen LogP contribution in [0.5, 0.6) is 0 Å². The topological polar surface area (TPSA) is 155 Å². The van der Waals surface area contributed by atoms with E-state index >= 15 is 0 Å². The average molecular weight is 518 g/mol. The molecule has 0 radical (unpaired) electrons. The summed E-state index contributed by atoms with van der Waals surface area (Å²) >= 11 is 1.01. The molecule has 0 unspecified atom stereocenters. The van der Waals surface area contributed by atoms with Gasteiger partial charge >= 0.3 is 0 Å². The highest BCUT2D eigenvalue weighted by atomic mass is 32.1. The van der Waals surface area contributed by atoms with E-state index in [-0.39, 0.29) is 46.0 Å². The number of ether oxygens (including phenoxy) is 2. The molecule has 0 fully saturated rings. The van der Waals surface area contributed by atoms with Crippen LogP contribution in [0.1, 0.15) is 20.8 Å². The highest BCUT2D eigenvalue weighted by Gasteiger charge is 2.23. The summed E-state index contributed by atoms with van der Waals surface area (Å²) in [5.41, 5.74) is -0.352. The molecule has 1 aromatic heterocycles. The Morgan fingerprint density at radius 3 is 2.64 bits per heavy atom. The molecule has 0 saturated heterocycles. The third-order valence-corrected chi connectivity index (χ3v) is 5.94. The van der Waals surface area contributed by atoms with Gasteiger partial charge < -0.3 is 30.5 Å². The summed E-state index contributed by atoms with van der Waals surface area (Å²) in [5, 5.41) is 27.4. The molecule has 2 amide bonds. The zero-order valence-electron chi connectivity index (χ0n) is 20.7. The first-order valence-electron chi connectivity index (χ1n) is 11.2. The molecule has 2 aromatic rings. The number of aliphatic hydroxyl groups is 1. The number of thiazole rings is 1. The van der Waals surface area contributed by atoms with Gasteiger partial charge in [-0.3, -0.25) is 19.0 Å². The van der Waals surface area contributed by atoms with E-state index in [4.69, 9.17) is 9.47 Å². The summed E-state index contributed by atoms with van der Waals surface area (Å²) in [5.74, 6) is -0.989. The van der Waals surface area contributed by atoms with Crippen molar-refractivity contribution >= 4 is 46.3 Å². The minimum Gasteiger partial charge on any atom is -0.394 e. The zero-order valence-corrected chi connectivity index (χ0v) is 21.5. The number of aliphatic hydroxyl groups excluding tert-OH is 1. The van der Waals surface area contributed by atoms with Crippen LogP contribution < -0.4 is 30.7 Å². The van der Waals surface area contributed by atoms with Crippen LogP contribution in [0.3, 0.4) is 0 Å². The van der Waals surface area contributed by atoms with Crippen LogP contribution in [0.2, 0.25) is 0 Å². The number of hydrogen-bond donors (Lipinski definition) is 4. The fraction of sp³-hybridized carbons (Fsp3) is 0.417. The van der Waals surface area contributed by atoms with Gasteiger partial charge in [0, 0.05) is 31.2 Å². The molecular formula is C24H31N5O6S. The molecular weight excluding hydrogens is 486 g/mol. The Labute approximate surface area is 212 Å². The van der Waals surface area contributed by atoms with Crippen molar-refractivity contribution in [2.75, 3.05) is 44.2 Å². The van der Waals surface area contributed by atoms with E-state index in [1.807, 2.05) is 6.07 Å². The Bertz CT molecular complexity index is 1290. The predicted molar refractivity (Wildman–Crippen MR) is 138 cm³/mol. The number of amides is 2. The second-order valence-electron chi connectivity index (χ2n) is 8.27. The fourth-order valence-corrected chi connectivity index (χ4v) is 4.02. The quantitative estimate of drug-likeness (QED) is 0.286. The van der Waals surface area contributed by atoms with Crippen LogP contribution in [-0.4, -0.2) is 60.6 Å². The lowest BCUT2D eigenvalue weighted by molar-refractivity contribution is -0.121. The van der Waals surface area contributed by atoms with Crippen molar-refractivity contribution in [2.45, 2.75) is 32.9 Å². The number of rotatable bonds is 12. The van der Waals surface area contributed by atoms with Gasteiger partial charge in [0.1, 0.15) is 21.9 Å². The summed E-state index contributed by atoms with van der Waals surface area (Å²) in [6.45, 7) is 5.52. The molecule has 12 heteroatoms. The number of benzene rings is 1. The van der Waals surface area contributed by atoms with Gasteiger partial charge in [-0.2, -0.15) is 5.26 Å². The highest BCUT2D eigenvalue weighted by molar-refractivity contribution is 7.07. The Morgan fingerprint density at radius 2 is 2.00 bits per heavy atom. The van der Waals surface area contributed by atoms with Crippen LogP contribution in [0, 0.1) is 11.3 Å². The maximum absolute atomic E-state index is 12.9. The molecule has 36 heavy (non-hydrogen) atoms. The summed E-state index contributed by atoms with van der Waals surface area (Å²) < 4.78 is 11.9. The maximum Gasteiger partial charge on any atom is 0.270 e. The van der Waals surface area contributed by atoms with Gasteiger partial charge in [0.15, 0.2) is 5.57 Å². The average Bonchev–Trinajstić information content (AvgIpc) is 3.15. The molecule has 0 aliphatic rings. The van der Waals surface area contributed by atoms with E-state index < -0.39 is 11.4 Å². The first-order chi connectivity index (χ1) is 17.1. The van der Waals surface area contributed by atoms with Gasteiger partial charge in [-0.15, -0.1) is 11.3 Å². The van der Waals surface area contributed by atoms with Gasteiger partial charge in [-0.25, -0.2) is 0 Å². The smallest absolute Gasteiger partial charge is 0.270 e. The molecule has 4 N–H and O–H groups in total. The second-order valence-corrected chi connectivity index (χ2v) is 9.30. The van der Waals surface area contributed by atoms with E-state index in [1.54, 1.807) is 52.1 Å². The van der Waals surface area contributed by atoms with E-state index in [0.717, 1.165) is 11.3 Å². The van der Waals surface area contributed by atoms with Crippen molar-refractivity contribution in [3.05, 3.63) is 43.8 Å². The van der Waals surface area contributed by atoms with Gasteiger partial charge in [0.25, 0.3) is 11.5 Å². The summed E-state index contributed by atoms with van der Waals surface area (Å²) in [7, 11) is 1.55. The molecule has 0 saturated carbocycles. The fourth-order valence-electron chi connectivity index (χ4n) is 2.94. The number of methoxy groups -OCH3 is 1. The second kappa shape index (κ2) is 13.6. The van der Waals surface area contributed by atoms with Crippen LogP contribution >= 0.6 is 11.3 Å². The van der Waals surface area contributed by atoms with Crippen molar-refractivity contribution in [2.24, 2.45) is 0 Å². The molecule has 0 atom stereocenters. The lowest BCUT2D eigenvalue weighted by atomic mass is 10.1. The molecule has 0 bridgehead atoms. The van der Waals surface area contributed by atoms with Crippen LogP contribution in [0.4, 0.5) is 11.4 Å². The van der Waals surface area contributed by atoms with E-state index in [9.17, 15) is 24.8 Å². The number of nitrogens with zero attached hydrogens (tertiary/aromatic N) is 2. The molecule has 194 valence electrons. The first kappa shape index (κ1) is 28.7. The Balaban J connectivity index is 2.29. The van der Waals surface area contributed by atoms with Crippen LogP contribution in [-0.2, 0) is 25.6 Å². The van der Waals surface area contributed by atoms with E-state index in [0.29, 0.717) is 24.6 Å². The minimum atomic E-state index is -0.930. The third kappa shape index (κ3) is 8.03. The lowest BCUT2D eigenvalue weighted by Crippen LogP contribution is -2.47. The number of anilines is 2. The summed E-state index contributed by atoms with van der Waals surface area (Å²) in [6.07, 6.45) is 1.49. The van der Waals surface area contributed by atoms with E-state index in [2.05, 4.69) is 16.0 Å². The van der Waals surface area contributed by atoms with Crippen molar-refractivity contribution in [3.8, 4) is 6.07 Å². The van der Waals surface area contributed by atoms with Crippen molar-refractivity contribution in [3.63, 3.8) is 0 Å². The van der Waals surface area contributed by atoms with E-state index in [1.165, 1.54) is 10.8 Å². The zero-order chi connectivity index (χ0) is 26.7. The van der Waals surface area contributed by atoms with Crippen molar-refractivity contribution in [1.29, 1.82) is 5.26 Å². The molecule has 0 aliphatic carbocycles. The van der Waals surface area contributed by atoms with Gasteiger partial charge in [-0.1, -0.05) is 6.07 Å². The summed E-state index contributed by atoms with van der Waals surface area (Å²) in [6, 6.07) is 8.77. The summed E-state index contributed by atoms with van der Waals surface area (Å²) in [4.78, 5) is 37.6. The van der Waals surface area contributed by atoms with Crippen LogP contribution in [0.15, 0.2) is 29.1 Å².